The Morgan fingerprint density at radius 1 is 1.06 bits per heavy atom. The summed E-state index contributed by atoms with van der Waals surface area (Å²) in [6, 6.07) is 6.78. The Morgan fingerprint density at radius 3 is 2.44 bits per heavy atom. The van der Waals surface area contributed by atoms with E-state index in [1.165, 1.54) is 19.3 Å². The molecular weight excluding hydrogens is 458 g/mol. The van der Waals surface area contributed by atoms with Crippen molar-refractivity contribution < 1.29 is 23.9 Å². The lowest BCUT2D eigenvalue weighted by molar-refractivity contribution is -0.122. The molecule has 0 bridgehead atoms. The van der Waals surface area contributed by atoms with Crippen molar-refractivity contribution in [2.45, 2.75) is 77.9 Å². The average molecular weight is 498 g/mol. The summed E-state index contributed by atoms with van der Waals surface area (Å²) in [6.45, 7) is 8.13. The third-order valence-corrected chi connectivity index (χ3v) is 7.39. The Balaban J connectivity index is 1.58. The molecule has 196 valence electrons. The second-order valence-corrected chi connectivity index (χ2v) is 11.0. The Hall–Kier alpha value is -3.03. The van der Waals surface area contributed by atoms with E-state index in [4.69, 9.17) is 9.47 Å². The van der Waals surface area contributed by atoms with E-state index in [0.29, 0.717) is 30.5 Å². The number of hydrogen-bond acceptors (Lipinski definition) is 5. The van der Waals surface area contributed by atoms with Crippen LogP contribution in [-0.2, 0) is 21.3 Å². The Morgan fingerprint density at radius 2 is 1.78 bits per heavy atom. The molecule has 8 heteroatoms. The van der Waals surface area contributed by atoms with Gasteiger partial charge in [-0.15, -0.1) is 0 Å². The first-order valence-electron chi connectivity index (χ1n) is 13.2. The first-order chi connectivity index (χ1) is 17.1. The fourth-order valence-electron chi connectivity index (χ4n) is 5.78. The van der Waals surface area contributed by atoms with Crippen LogP contribution in [0.15, 0.2) is 24.3 Å². The maximum absolute atomic E-state index is 13.7. The number of aromatic nitrogens is 1. The van der Waals surface area contributed by atoms with Gasteiger partial charge in [-0.3, -0.25) is 9.69 Å². The van der Waals surface area contributed by atoms with Crippen LogP contribution in [0.3, 0.4) is 0 Å². The average Bonchev–Trinajstić information content (AvgIpc) is 3.41. The third kappa shape index (κ3) is 5.52. The van der Waals surface area contributed by atoms with Crippen molar-refractivity contribution in [2.24, 2.45) is 18.9 Å². The molecule has 2 atom stereocenters. The summed E-state index contributed by atoms with van der Waals surface area (Å²) >= 11 is 0. The number of anilines is 1. The molecule has 1 aliphatic carbocycles. The molecule has 2 heterocycles. The molecule has 2 aliphatic rings. The van der Waals surface area contributed by atoms with Gasteiger partial charge in [0.05, 0.1) is 6.61 Å². The Labute approximate surface area is 213 Å². The number of aryl methyl sites for hydroxylation is 1. The number of nitrogens with zero attached hydrogens (tertiary/aromatic N) is 2. The van der Waals surface area contributed by atoms with Gasteiger partial charge in [0.2, 0.25) is 5.91 Å². The number of esters is 1. The monoisotopic (exact) mass is 497 g/mol. The normalized spacial score (nSPS) is 21.0. The van der Waals surface area contributed by atoms with Crippen LogP contribution in [0.1, 0.15) is 76.7 Å². The first-order valence-corrected chi connectivity index (χ1v) is 13.2. The van der Waals surface area contributed by atoms with Crippen molar-refractivity contribution in [3.05, 3.63) is 30.0 Å². The molecule has 1 aromatic heterocycles. The molecule has 2 aromatic rings. The summed E-state index contributed by atoms with van der Waals surface area (Å²) in [5.74, 6) is -0.00901. The Bertz CT molecular complexity index is 1130. The molecule has 1 N–H and O–H groups in total. The molecule has 8 nitrogen and oxygen atoms in total. The lowest BCUT2D eigenvalue weighted by Gasteiger charge is -2.34. The predicted octanol–water partition coefficient (Wildman–Crippen LogP) is 5.50. The zero-order valence-corrected chi connectivity index (χ0v) is 22.1. The van der Waals surface area contributed by atoms with E-state index in [1.807, 2.05) is 46.0 Å². The molecule has 1 saturated carbocycles. The van der Waals surface area contributed by atoms with Crippen LogP contribution in [0.25, 0.3) is 10.9 Å². The molecule has 4 rings (SSSR count). The Kier molecular flexibility index (Phi) is 7.62. The summed E-state index contributed by atoms with van der Waals surface area (Å²) in [5.41, 5.74) is 1.33. The van der Waals surface area contributed by atoms with Gasteiger partial charge in [-0.1, -0.05) is 32.1 Å². The minimum absolute atomic E-state index is 0.119. The lowest BCUT2D eigenvalue weighted by Crippen LogP contribution is -2.49. The summed E-state index contributed by atoms with van der Waals surface area (Å²) in [6.07, 6.45) is 6.17. The van der Waals surface area contributed by atoms with Gasteiger partial charge in [-0.05, 0) is 70.2 Å². The summed E-state index contributed by atoms with van der Waals surface area (Å²) in [7, 11) is 1.82. The second-order valence-electron chi connectivity index (χ2n) is 11.0. The topological polar surface area (TPSA) is 89.9 Å². The van der Waals surface area contributed by atoms with Crippen LogP contribution in [0.5, 0.6) is 0 Å². The van der Waals surface area contributed by atoms with Gasteiger partial charge in [0.25, 0.3) is 0 Å². The van der Waals surface area contributed by atoms with Crippen molar-refractivity contribution in [2.75, 3.05) is 18.5 Å². The predicted molar refractivity (Wildman–Crippen MR) is 139 cm³/mol. The molecule has 36 heavy (non-hydrogen) atoms. The van der Waals surface area contributed by atoms with Crippen LogP contribution in [0.2, 0.25) is 0 Å². The molecule has 2 fully saturated rings. The van der Waals surface area contributed by atoms with Crippen molar-refractivity contribution in [3.8, 4) is 0 Å². The maximum Gasteiger partial charge on any atom is 0.410 e. The smallest absolute Gasteiger partial charge is 0.410 e. The van der Waals surface area contributed by atoms with E-state index in [-0.39, 0.29) is 17.8 Å². The minimum atomic E-state index is -0.629. The van der Waals surface area contributed by atoms with Crippen LogP contribution < -0.4 is 5.32 Å². The van der Waals surface area contributed by atoms with Gasteiger partial charge < -0.3 is 19.4 Å². The van der Waals surface area contributed by atoms with Crippen LogP contribution in [-0.4, -0.2) is 52.2 Å². The number of rotatable bonds is 5. The molecule has 0 unspecified atom stereocenters. The highest BCUT2D eigenvalue weighted by atomic mass is 16.6. The van der Waals surface area contributed by atoms with E-state index < -0.39 is 17.7 Å². The van der Waals surface area contributed by atoms with E-state index in [9.17, 15) is 14.4 Å². The van der Waals surface area contributed by atoms with Gasteiger partial charge in [0, 0.05) is 30.2 Å². The highest BCUT2D eigenvalue weighted by Gasteiger charge is 2.46. The van der Waals surface area contributed by atoms with Crippen molar-refractivity contribution >= 4 is 34.6 Å². The van der Waals surface area contributed by atoms with Crippen molar-refractivity contribution in [3.63, 3.8) is 0 Å². The van der Waals surface area contributed by atoms with E-state index in [0.717, 1.165) is 30.2 Å². The van der Waals surface area contributed by atoms with Crippen LogP contribution >= 0.6 is 0 Å². The number of amides is 2. The molecule has 1 aromatic carbocycles. The number of ether oxygens (including phenoxy) is 2. The zero-order chi connectivity index (χ0) is 26.0. The van der Waals surface area contributed by atoms with E-state index in [1.54, 1.807) is 22.5 Å². The van der Waals surface area contributed by atoms with Gasteiger partial charge in [-0.2, -0.15) is 0 Å². The third-order valence-electron chi connectivity index (χ3n) is 7.39. The van der Waals surface area contributed by atoms with Crippen LogP contribution in [0.4, 0.5) is 10.5 Å². The van der Waals surface area contributed by atoms with Gasteiger partial charge in [-0.25, -0.2) is 9.59 Å². The standard InChI is InChI=1S/C28H39N3O5/c1-6-35-26(33)23-17-19-16-20(12-13-22(19)30(23)5)29-25(32)24-21(18-10-8-7-9-11-18)14-15-31(24)27(34)36-28(2,3)4/h12-13,16-18,21,24H,6-11,14-15H2,1-5H3,(H,29,32)/t21-,24-/m0/s1. The van der Waals surface area contributed by atoms with Gasteiger partial charge >= 0.3 is 12.1 Å². The number of carbonyl (C=O) groups is 3. The molecule has 1 saturated heterocycles. The molecular formula is C28H39N3O5. The highest BCUT2D eigenvalue weighted by Crippen LogP contribution is 2.40. The molecule has 0 spiro atoms. The number of nitrogens with one attached hydrogen (secondary N) is 1. The summed E-state index contributed by atoms with van der Waals surface area (Å²) in [5, 5.41) is 3.89. The van der Waals surface area contributed by atoms with Crippen molar-refractivity contribution in [1.82, 2.24) is 9.47 Å². The molecule has 0 radical (unpaired) electrons. The van der Waals surface area contributed by atoms with Crippen LogP contribution in [0, 0.1) is 11.8 Å². The van der Waals surface area contributed by atoms with Crippen molar-refractivity contribution in [1.29, 1.82) is 0 Å². The van der Waals surface area contributed by atoms with Gasteiger partial charge in [0.1, 0.15) is 17.3 Å². The largest absolute Gasteiger partial charge is 0.461 e. The number of benzene rings is 1. The maximum atomic E-state index is 13.7. The SMILES string of the molecule is CCOC(=O)c1cc2cc(NC(=O)[C@@H]3[C@H](C4CCCCC4)CCN3C(=O)OC(C)(C)C)ccc2n1C. The second kappa shape index (κ2) is 10.5. The minimum Gasteiger partial charge on any atom is -0.461 e. The fraction of sp³-hybridized carbons (Fsp3) is 0.607. The lowest BCUT2D eigenvalue weighted by atomic mass is 9.76. The fourth-order valence-corrected chi connectivity index (χ4v) is 5.78. The molecule has 1 aliphatic heterocycles. The number of hydrogen-bond donors (Lipinski definition) is 1. The first kappa shape index (κ1) is 26.0. The summed E-state index contributed by atoms with van der Waals surface area (Å²) in [4.78, 5) is 40.7. The van der Waals surface area contributed by atoms with E-state index in [2.05, 4.69) is 5.32 Å². The quantitative estimate of drug-likeness (QED) is 0.551. The number of carbonyl (C=O) groups excluding carboxylic acids is 3. The highest BCUT2D eigenvalue weighted by molar-refractivity contribution is 6.00. The van der Waals surface area contributed by atoms with Gasteiger partial charge in [0.15, 0.2) is 0 Å². The number of fused-ring (bicyclic) bond motifs is 1. The summed E-state index contributed by atoms with van der Waals surface area (Å²) < 4.78 is 12.6. The zero-order valence-electron chi connectivity index (χ0n) is 22.1. The van der Waals surface area contributed by atoms with E-state index >= 15 is 0 Å². The number of likely N-dealkylation sites (tertiary alicyclic amines) is 1. The molecule has 2 amide bonds.